The number of nitrogens with zero attached hydrogens (tertiary/aromatic N) is 1. The first-order valence-corrected chi connectivity index (χ1v) is 3.71. The molecule has 1 aliphatic rings. The van der Waals surface area contributed by atoms with Gasteiger partial charge in [-0.3, -0.25) is 4.79 Å². The van der Waals surface area contributed by atoms with Crippen LogP contribution in [0, 0.1) is 0 Å². The molecule has 4 heteroatoms. The molecule has 1 fully saturated rings. The Morgan fingerprint density at radius 1 is 1.45 bits per heavy atom. The van der Waals surface area contributed by atoms with E-state index in [1.54, 1.807) is 0 Å². The molecule has 2 N–H and O–H groups in total. The van der Waals surface area contributed by atoms with Crippen molar-refractivity contribution in [2.24, 2.45) is 0 Å². The second-order valence-electron chi connectivity index (χ2n) is 2.83. The van der Waals surface area contributed by atoms with Crippen LogP contribution in [0.15, 0.2) is 0 Å². The molecule has 11 heavy (non-hydrogen) atoms. The minimum Gasteiger partial charge on any atom is -0.394 e. The SMILES string of the molecule is CC(=O)N1C(CO)CC1CO. The molecule has 64 valence electrons. The molecule has 0 spiro atoms. The highest BCUT2D eigenvalue weighted by Crippen LogP contribution is 2.24. The normalized spacial score (nSPS) is 29.9. The molecule has 1 aliphatic heterocycles. The van der Waals surface area contributed by atoms with Gasteiger partial charge >= 0.3 is 0 Å². The average Bonchev–Trinajstić information content (AvgIpc) is 1.86. The second kappa shape index (κ2) is 3.19. The summed E-state index contributed by atoms with van der Waals surface area (Å²) in [7, 11) is 0. The van der Waals surface area contributed by atoms with E-state index in [-0.39, 0.29) is 31.2 Å². The molecular weight excluding hydrogens is 146 g/mol. The van der Waals surface area contributed by atoms with Gasteiger partial charge < -0.3 is 15.1 Å². The molecule has 2 atom stereocenters. The number of likely N-dealkylation sites (tertiary alicyclic amines) is 1. The van der Waals surface area contributed by atoms with Crippen LogP contribution in [0.25, 0.3) is 0 Å². The Bertz CT molecular complexity index is 150. The molecule has 0 aromatic rings. The van der Waals surface area contributed by atoms with E-state index in [0.29, 0.717) is 6.42 Å². The van der Waals surface area contributed by atoms with Crippen LogP contribution in [0.2, 0.25) is 0 Å². The Morgan fingerprint density at radius 3 is 2.18 bits per heavy atom. The van der Waals surface area contributed by atoms with Gasteiger partial charge in [-0.05, 0) is 6.42 Å². The van der Waals surface area contributed by atoms with Crippen molar-refractivity contribution in [1.82, 2.24) is 4.90 Å². The van der Waals surface area contributed by atoms with E-state index >= 15 is 0 Å². The first-order chi connectivity index (χ1) is 5.20. The van der Waals surface area contributed by atoms with E-state index in [1.807, 2.05) is 0 Å². The van der Waals surface area contributed by atoms with Crippen molar-refractivity contribution in [3.8, 4) is 0 Å². The van der Waals surface area contributed by atoms with E-state index in [0.717, 1.165) is 0 Å². The number of carbonyl (C=O) groups is 1. The van der Waals surface area contributed by atoms with Crippen molar-refractivity contribution in [1.29, 1.82) is 0 Å². The first kappa shape index (κ1) is 8.49. The van der Waals surface area contributed by atoms with Crippen molar-refractivity contribution in [2.45, 2.75) is 25.4 Å². The molecule has 1 amide bonds. The Hall–Kier alpha value is -0.610. The van der Waals surface area contributed by atoms with Gasteiger partial charge in [0.1, 0.15) is 0 Å². The van der Waals surface area contributed by atoms with Crippen molar-refractivity contribution in [2.75, 3.05) is 13.2 Å². The summed E-state index contributed by atoms with van der Waals surface area (Å²) in [5.74, 6) is -0.0747. The third-order valence-electron chi connectivity index (χ3n) is 2.12. The number of carbonyl (C=O) groups excluding carboxylic acids is 1. The van der Waals surface area contributed by atoms with E-state index < -0.39 is 0 Å². The summed E-state index contributed by atoms with van der Waals surface area (Å²) < 4.78 is 0. The summed E-state index contributed by atoms with van der Waals surface area (Å²) in [6.45, 7) is 1.44. The van der Waals surface area contributed by atoms with Gasteiger partial charge in [0, 0.05) is 6.92 Å². The van der Waals surface area contributed by atoms with Gasteiger partial charge in [0.15, 0.2) is 0 Å². The summed E-state index contributed by atoms with van der Waals surface area (Å²) in [5.41, 5.74) is 0. The van der Waals surface area contributed by atoms with Crippen LogP contribution < -0.4 is 0 Å². The van der Waals surface area contributed by atoms with Crippen molar-refractivity contribution in [3.05, 3.63) is 0 Å². The molecule has 0 aromatic carbocycles. The topological polar surface area (TPSA) is 60.8 Å². The van der Waals surface area contributed by atoms with Gasteiger partial charge in [-0.2, -0.15) is 0 Å². The van der Waals surface area contributed by atoms with E-state index in [9.17, 15) is 4.79 Å². The van der Waals surface area contributed by atoms with E-state index in [1.165, 1.54) is 11.8 Å². The number of hydrogen-bond donors (Lipinski definition) is 2. The molecule has 1 saturated heterocycles. The predicted molar refractivity (Wildman–Crippen MR) is 38.9 cm³/mol. The molecule has 1 heterocycles. The van der Waals surface area contributed by atoms with Crippen LogP contribution in [0.1, 0.15) is 13.3 Å². The molecule has 0 radical (unpaired) electrons. The molecule has 2 unspecified atom stereocenters. The van der Waals surface area contributed by atoms with Gasteiger partial charge in [-0.25, -0.2) is 0 Å². The van der Waals surface area contributed by atoms with Gasteiger partial charge in [0.25, 0.3) is 0 Å². The van der Waals surface area contributed by atoms with Crippen LogP contribution >= 0.6 is 0 Å². The minimum absolute atomic E-state index is 0.00389. The van der Waals surface area contributed by atoms with Crippen LogP contribution in [0.4, 0.5) is 0 Å². The van der Waals surface area contributed by atoms with E-state index in [4.69, 9.17) is 10.2 Å². The largest absolute Gasteiger partial charge is 0.394 e. The van der Waals surface area contributed by atoms with Crippen LogP contribution in [-0.2, 0) is 4.79 Å². The lowest BCUT2D eigenvalue weighted by Gasteiger charge is -2.46. The number of amides is 1. The first-order valence-electron chi connectivity index (χ1n) is 3.71. The summed E-state index contributed by atoms with van der Waals surface area (Å²) in [5, 5.41) is 17.5. The lowest BCUT2D eigenvalue weighted by molar-refractivity contribution is -0.147. The highest BCUT2D eigenvalue weighted by atomic mass is 16.3. The lowest BCUT2D eigenvalue weighted by atomic mass is 9.94. The molecular formula is C7H13NO3. The minimum atomic E-state index is -0.0747. The van der Waals surface area contributed by atoms with Crippen molar-refractivity contribution >= 4 is 5.91 Å². The Kier molecular flexibility index (Phi) is 2.46. The maximum absolute atomic E-state index is 10.9. The fraction of sp³-hybridized carbons (Fsp3) is 0.857. The van der Waals surface area contributed by atoms with Crippen molar-refractivity contribution < 1.29 is 15.0 Å². The Labute approximate surface area is 65.4 Å². The average molecular weight is 159 g/mol. The zero-order valence-corrected chi connectivity index (χ0v) is 6.53. The van der Waals surface area contributed by atoms with Gasteiger partial charge in [0.2, 0.25) is 5.91 Å². The third kappa shape index (κ3) is 1.36. The Morgan fingerprint density at radius 2 is 1.91 bits per heavy atom. The molecule has 0 bridgehead atoms. The summed E-state index contributed by atoms with van der Waals surface area (Å²) >= 11 is 0. The molecule has 0 saturated carbocycles. The van der Waals surface area contributed by atoms with Crippen LogP contribution in [0.3, 0.4) is 0 Å². The fourth-order valence-corrected chi connectivity index (χ4v) is 1.54. The van der Waals surface area contributed by atoms with Crippen molar-refractivity contribution in [3.63, 3.8) is 0 Å². The van der Waals surface area contributed by atoms with Crippen LogP contribution in [0.5, 0.6) is 0 Å². The number of aliphatic hydroxyl groups excluding tert-OH is 2. The maximum atomic E-state index is 10.9. The van der Waals surface area contributed by atoms with Crippen LogP contribution in [-0.4, -0.2) is 46.3 Å². The van der Waals surface area contributed by atoms with E-state index in [2.05, 4.69) is 0 Å². The monoisotopic (exact) mass is 159 g/mol. The highest BCUT2D eigenvalue weighted by Gasteiger charge is 2.38. The fourth-order valence-electron chi connectivity index (χ4n) is 1.54. The van der Waals surface area contributed by atoms with Gasteiger partial charge in [-0.15, -0.1) is 0 Å². The standard InChI is InChI=1S/C7H13NO3/c1-5(11)8-6(3-9)2-7(8)4-10/h6-7,9-10H,2-4H2,1H3. The maximum Gasteiger partial charge on any atom is 0.220 e. The zero-order valence-electron chi connectivity index (χ0n) is 6.53. The van der Waals surface area contributed by atoms with Gasteiger partial charge in [0.05, 0.1) is 25.3 Å². The number of hydrogen-bond acceptors (Lipinski definition) is 3. The molecule has 4 nitrogen and oxygen atoms in total. The summed E-state index contributed by atoms with van der Waals surface area (Å²) in [4.78, 5) is 12.4. The lowest BCUT2D eigenvalue weighted by Crippen LogP contribution is -2.60. The molecule has 1 rings (SSSR count). The predicted octanol–water partition coefficient (Wildman–Crippen LogP) is -1.04. The third-order valence-corrected chi connectivity index (χ3v) is 2.12. The second-order valence-corrected chi connectivity index (χ2v) is 2.83. The highest BCUT2D eigenvalue weighted by molar-refractivity contribution is 5.75. The molecule has 0 aromatic heterocycles. The zero-order chi connectivity index (χ0) is 8.43. The smallest absolute Gasteiger partial charge is 0.220 e. The molecule has 0 aliphatic carbocycles. The summed E-state index contributed by atoms with van der Waals surface area (Å²) in [6, 6.07) is -0.130. The Balaban J connectivity index is 2.49. The summed E-state index contributed by atoms with van der Waals surface area (Å²) in [6.07, 6.45) is 0.715. The quantitative estimate of drug-likeness (QED) is 0.541. The number of rotatable bonds is 2. The number of aliphatic hydroxyl groups is 2. The van der Waals surface area contributed by atoms with Gasteiger partial charge in [-0.1, -0.05) is 0 Å².